The minimum absolute atomic E-state index is 0.0138. The number of benzene rings is 3. The molecule has 4 N–H and O–H groups in total. The number of anilines is 1. The van der Waals surface area contributed by atoms with Gasteiger partial charge in [-0.25, -0.2) is 10.5 Å². The molecule has 1 aromatic heterocycles. The number of hydrogen-bond acceptors (Lipinski definition) is 7. The summed E-state index contributed by atoms with van der Waals surface area (Å²) in [6.45, 7) is 0.602. The number of hydroxylamine groups is 1. The Morgan fingerprint density at radius 3 is 2.33 bits per heavy atom. The molecule has 0 saturated carbocycles. The molecule has 0 aliphatic carbocycles. The molecule has 0 spiro atoms. The third-order valence-electron chi connectivity index (χ3n) is 7.44. The number of imidazole rings is 1. The zero-order chi connectivity index (χ0) is 29.3. The molecule has 1 aliphatic rings. The first-order valence-electron chi connectivity index (χ1n) is 14.3. The number of ether oxygens (including phenoxy) is 2. The van der Waals surface area contributed by atoms with E-state index >= 15 is 0 Å². The third-order valence-corrected chi connectivity index (χ3v) is 7.44. The predicted octanol–water partition coefficient (Wildman–Crippen LogP) is 5.17. The van der Waals surface area contributed by atoms with E-state index < -0.39 is 12.2 Å². The van der Waals surface area contributed by atoms with Crippen LogP contribution in [0.3, 0.4) is 0 Å². The number of unbranched alkanes of at least 4 members (excludes halogenated alkanes) is 2. The molecule has 1 saturated heterocycles. The molecule has 3 atom stereocenters. The molecule has 10 nitrogen and oxygen atoms in total. The van der Waals surface area contributed by atoms with Gasteiger partial charge in [-0.05, 0) is 48.2 Å². The van der Waals surface area contributed by atoms with Crippen molar-refractivity contribution in [2.75, 3.05) is 5.32 Å². The first-order valence-corrected chi connectivity index (χ1v) is 14.3. The van der Waals surface area contributed by atoms with Crippen LogP contribution in [-0.2, 0) is 32.2 Å². The van der Waals surface area contributed by atoms with Gasteiger partial charge in [-0.1, -0.05) is 55.0 Å². The number of aliphatic hydroxyl groups excluding tert-OH is 1. The molecule has 3 aromatic carbocycles. The minimum Gasteiger partial charge on any atom is -0.392 e. The van der Waals surface area contributed by atoms with Crippen LogP contribution in [0.4, 0.5) is 5.69 Å². The number of carbonyl (C=O) groups excluding carboxylic acids is 2. The van der Waals surface area contributed by atoms with E-state index in [2.05, 4.69) is 14.9 Å². The van der Waals surface area contributed by atoms with E-state index in [0.717, 1.165) is 34.1 Å². The van der Waals surface area contributed by atoms with Crippen LogP contribution in [-0.4, -0.2) is 37.8 Å². The van der Waals surface area contributed by atoms with Crippen molar-refractivity contribution < 1.29 is 29.4 Å². The summed E-state index contributed by atoms with van der Waals surface area (Å²) in [6.07, 6.45) is 4.09. The molecular weight excluding hydrogens is 536 g/mol. The molecule has 10 heteroatoms. The van der Waals surface area contributed by atoms with E-state index in [1.807, 2.05) is 79.1 Å². The highest BCUT2D eigenvalue weighted by atomic mass is 16.7. The van der Waals surface area contributed by atoms with Crippen molar-refractivity contribution >= 4 is 28.5 Å². The van der Waals surface area contributed by atoms with Crippen LogP contribution >= 0.6 is 0 Å². The van der Waals surface area contributed by atoms with Crippen LogP contribution in [0.5, 0.6) is 0 Å². The second-order valence-corrected chi connectivity index (χ2v) is 10.5. The Kier molecular flexibility index (Phi) is 9.94. The molecule has 2 amide bonds. The molecule has 42 heavy (non-hydrogen) atoms. The third kappa shape index (κ3) is 7.59. The first kappa shape index (κ1) is 29.4. The Morgan fingerprint density at radius 1 is 0.881 bits per heavy atom. The van der Waals surface area contributed by atoms with Gasteiger partial charge in [0, 0.05) is 30.5 Å². The summed E-state index contributed by atoms with van der Waals surface area (Å²) in [5, 5.41) is 20.9. The van der Waals surface area contributed by atoms with Crippen molar-refractivity contribution in [1.82, 2.24) is 15.0 Å². The zero-order valence-electron chi connectivity index (χ0n) is 23.3. The van der Waals surface area contributed by atoms with Crippen LogP contribution in [0.15, 0.2) is 79.1 Å². The van der Waals surface area contributed by atoms with E-state index in [4.69, 9.17) is 14.7 Å². The maximum atomic E-state index is 12.4. The van der Waals surface area contributed by atoms with E-state index in [1.54, 1.807) is 5.48 Å². The number of para-hydroxylation sites is 2. The second kappa shape index (κ2) is 14.2. The van der Waals surface area contributed by atoms with Gasteiger partial charge in [0.2, 0.25) is 11.8 Å². The summed E-state index contributed by atoms with van der Waals surface area (Å²) in [4.78, 5) is 28.0. The first-order chi connectivity index (χ1) is 20.5. The van der Waals surface area contributed by atoms with Gasteiger partial charge in [0.15, 0.2) is 6.29 Å². The van der Waals surface area contributed by atoms with E-state index in [1.165, 1.54) is 0 Å². The van der Waals surface area contributed by atoms with E-state index in [0.29, 0.717) is 37.9 Å². The van der Waals surface area contributed by atoms with Gasteiger partial charge >= 0.3 is 0 Å². The van der Waals surface area contributed by atoms with Crippen LogP contribution in [0.25, 0.3) is 11.0 Å². The fourth-order valence-electron chi connectivity index (χ4n) is 5.16. The van der Waals surface area contributed by atoms with Gasteiger partial charge < -0.3 is 24.5 Å². The molecule has 1 fully saturated rings. The molecule has 0 unspecified atom stereocenters. The number of amides is 2. The highest BCUT2D eigenvalue weighted by Gasteiger charge is 2.32. The number of aromatic nitrogens is 2. The lowest BCUT2D eigenvalue weighted by molar-refractivity contribution is -0.252. The fraction of sp³-hybridized carbons (Fsp3) is 0.344. The van der Waals surface area contributed by atoms with Crippen molar-refractivity contribution in [2.45, 2.75) is 70.2 Å². The average molecular weight is 573 g/mol. The van der Waals surface area contributed by atoms with Gasteiger partial charge in [0.05, 0.1) is 42.7 Å². The molecule has 1 aliphatic heterocycles. The molecule has 0 bridgehead atoms. The number of rotatable bonds is 12. The molecular formula is C32H36N4O6. The van der Waals surface area contributed by atoms with Crippen LogP contribution in [0.1, 0.15) is 67.6 Å². The standard InChI is InChI=1S/C32H36N4O6/c37-20-22-10-12-23(13-11-22)29-18-26(19-36-21-33-27-6-4-5-7-28(27)36)41-32(42-29)24-14-16-25(17-15-24)34-30(38)8-2-1-3-9-31(39)35-40/h4-7,10-17,21,26,29,32,37,40H,1-3,8-9,18-20H2,(H,34,38)(H,35,39)/t26-,29+,32+/m0/s1. The lowest BCUT2D eigenvalue weighted by Crippen LogP contribution is -2.32. The smallest absolute Gasteiger partial charge is 0.243 e. The van der Waals surface area contributed by atoms with Crippen LogP contribution < -0.4 is 10.8 Å². The topological polar surface area (TPSA) is 135 Å². The van der Waals surface area contributed by atoms with Gasteiger partial charge in [-0.2, -0.15) is 0 Å². The Balaban J connectivity index is 1.24. The second-order valence-electron chi connectivity index (χ2n) is 10.5. The molecule has 4 aromatic rings. The van der Waals surface area contributed by atoms with Gasteiger partial charge in [-0.3, -0.25) is 14.8 Å². The van der Waals surface area contributed by atoms with Gasteiger partial charge in [-0.15, -0.1) is 0 Å². The van der Waals surface area contributed by atoms with Crippen LogP contribution in [0.2, 0.25) is 0 Å². The summed E-state index contributed by atoms with van der Waals surface area (Å²) in [5.41, 5.74) is 6.97. The largest absolute Gasteiger partial charge is 0.392 e. The van der Waals surface area contributed by atoms with E-state index in [9.17, 15) is 14.7 Å². The Bertz CT molecular complexity index is 1470. The average Bonchev–Trinajstić information content (AvgIpc) is 3.43. The minimum atomic E-state index is -0.609. The molecule has 2 heterocycles. The van der Waals surface area contributed by atoms with Gasteiger partial charge in [0.25, 0.3) is 0 Å². The van der Waals surface area contributed by atoms with Crippen molar-refractivity contribution in [2.24, 2.45) is 0 Å². The fourth-order valence-corrected chi connectivity index (χ4v) is 5.16. The van der Waals surface area contributed by atoms with Crippen molar-refractivity contribution in [3.63, 3.8) is 0 Å². The Labute approximate surface area is 244 Å². The molecule has 0 radical (unpaired) electrons. The predicted molar refractivity (Wildman–Crippen MR) is 156 cm³/mol. The van der Waals surface area contributed by atoms with Crippen molar-refractivity contribution in [1.29, 1.82) is 0 Å². The summed E-state index contributed by atoms with van der Waals surface area (Å²) in [6, 6.07) is 23.3. The number of carbonyl (C=O) groups is 2. The Morgan fingerprint density at radius 2 is 1.60 bits per heavy atom. The van der Waals surface area contributed by atoms with Crippen LogP contribution in [0, 0.1) is 0 Å². The highest BCUT2D eigenvalue weighted by molar-refractivity contribution is 5.90. The normalized spacial score (nSPS) is 18.6. The molecule has 220 valence electrons. The number of fused-ring (bicyclic) bond motifs is 1. The zero-order valence-corrected chi connectivity index (χ0v) is 23.3. The van der Waals surface area contributed by atoms with Crippen molar-refractivity contribution in [3.8, 4) is 0 Å². The summed E-state index contributed by atoms with van der Waals surface area (Å²) < 4.78 is 15.0. The Hall–Kier alpha value is -4.09. The van der Waals surface area contributed by atoms with E-state index in [-0.39, 0.29) is 31.1 Å². The number of hydrogen-bond donors (Lipinski definition) is 4. The summed E-state index contributed by atoms with van der Waals surface area (Å²) in [7, 11) is 0. The highest BCUT2D eigenvalue weighted by Crippen LogP contribution is 2.39. The number of nitrogens with zero attached hydrogens (tertiary/aromatic N) is 2. The summed E-state index contributed by atoms with van der Waals surface area (Å²) in [5.74, 6) is -0.517. The number of aliphatic hydroxyl groups is 1. The maximum absolute atomic E-state index is 12.4. The lowest BCUT2D eigenvalue weighted by atomic mass is 10.00. The van der Waals surface area contributed by atoms with Gasteiger partial charge in [0.1, 0.15) is 0 Å². The quantitative estimate of drug-likeness (QED) is 0.105. The molecule has 5 rings (SSSR count). The SMILES string of the molecule is O=C(CCCCCC(=O)Nc1ccc([C@@H]2O[C@H](Cn3cnc4ccccc43)C[C@H](c3ccc(CO)cc3)O2)cc1)NO. The maximum Gasteiger partial charge on any atom is 0.243 e. The lowest BCUT2D eigenvalue weighted by Gasteiger charge is -2.36. The van der Waals surface area contributed by atoms with Crippen molar-refractivity contribution in [3.05, 3.63) is 95.8 Å². The monoisotopic (exact) mass is 572 g/mol. The number of nitrogens with one attached hydrogen (secondary N) is 2. The summed E-state index contributed by atoms with van der Waals surface area (Å²) >= 11 is 0.